The van der Waals surface area contributed by atoms with Gasteiger partial charge in [0.2, 0.25) is 17.7 Å². The molecule has 3 atom stereocenters. The smallest absolute Gasteiger partial charge is 0.293 e. The van der Waals surface area contributed by atoms with Crippen LogP contribution in [0.2, 0.25) is 0 Å². The topological polar surface area (TPSA) is 226 Å². The second kappa shape index (κ2) is 28.0. The summed E-state index contributed by atoms with van der Waals surface area (Å²) in [6.07, 6.45) is 9.25. The number of fused-ring (bicyclic) bond motifs is 1. The van der Waals surface area contributed by atoms with Crippen molar-refractivity contribution in [2.24, 2.45) is 12.5 Å². The molecule has 6 heterocycles. The molecule has 3 aromatic carbocycles. The fraction of sp³-hybridized carbons (Fsp3) is 0.439. The van der Waals surface area contributed by atoms with Crippen LogP contribution in [0.4, 0.5) is 21.7 Å². The number of carbonyl (C=O) groups is 3. The fourth-order valence-corrected chi connectivity index (χ4v) is 12.5. The Morgan fingerprint density at radius 1 is 0.897 bits per heavy atom. The molecule has 3 fully saturated rings. The molecule has 4 aromatic heterocycles. The zero-order valence-electron chi connectivity index (χ0n) is 50.2. The van der Waals surface area contributed by atoms with E-state index < -0.39 is 47.5 Å². The molecular formula is C66H79FN10O9S. The van der Waals surface area contributed by atoms with Gasteiger partial charge >= 0.3 is 0 Å². The third kappa shape index (κ3) is 15.2. The van der Waals surface area contributed by atoms with Gasteiger partial charge in [-0.15, -0.1) is 11.3 Å². The molecule has 19 nitrogen and oxygen atoms in total. The van der Waals surface area contributed by atoms with Crippen LogP contribution in [0.5, 0.6) is 0 Å². The molecule has 10 rings (SSSR count). The summed E-state index contributed by atoms with van der Waals surface area (Å²) in [4.78, 5) is 84.6. The van der Waals surface area contributed by atoms with E-state index in [9.17, 15) is 34.2 Å². The minimum absolute atomic E-state index is 0.000170. The number of pyridine rings is 2. The molecule has 0 radical (unpaired) electrons. The third-order valence-electron chi connectivity index (χ3n) is 16.6. The summed E-state index contributed by atoms with van der Waals surface area (Å²) in [5.74, 6) is -0.881. The van der Waals surface area contributed by atoms with E-state index in [4.69, 9.17) is 9.47 Å². The van der Waals surface area contributed by atoms with Crippen LogP contribution in [0.1, 0.15) is 93.9 Å². The van der Waals surface area contributed by atoms with E-state index in [1.54, 1.807) is 61.2 Å². The number of piperazine rings is 1. The van der Waals surface area contributed by atoms with Gasteiger partial charge in [-0.3, -0.25) is 33.4 Å². The van der Waals surface area contributed by atoms with Crippen molar-refractivity contribution in [3.05, 3.63) is 152 Å². The van der Waals surface area contributed by atoms with Gasteiger partial charge < -0.3 is 50.0 Å². The van der Waals surface area contributed by atoms with Gasteiger partial charge in [-0.2, -0.15) is 0 Å². The third-order valence-corrected chi connectivity index (χ3v) is 17.7. The highest BCUT2D eigenvalue weighted by molar-refractivity contribution is 7.13. The number of aliphatic hydroxyl groups is 2. The first-order valence-corrected chi connectivity index (χ1v) is 31.0. The number of aryl methyl sites for hydroxylation is 2. The summed E-state index contributed by atoms with van der Waals surface area (Å²) >= 11 is 1.68. The highest BCUT2D eigenvalue weighted by atomic mass is 32.1. The Labute approximate surface area is 510 Å². The molecule has 1 aliphatic carbocycles. The number of rotatable bonds is 25. The highest BCUT2D eigenvalue weighted by Crippen LogP contribution is 2.41. The minimum Gasteiger partial charge on any atom is -0.392 e. The lowest BCUT2D eigenvalue weighted by Gasteiger charge is -2.36. The van der Waals surface area contributed by atoms with Gasteiger partial charge in [-0.05, 0) is 126 Å². The van der Waals surface area contributed by atoms with E-state index in [-0.39, 0.29) is 61.1 Å². The maximum atomic E-state index is 15.4. The van der Waals surface area contributed by atoms with E-state index in [0.717, 1.165) is 87.2 Å². The molecule has 5 N–H and O–H groups in total. The Hall–Kier alpha value is -7.66. The number of nitrogens with zero attached hydrogens (tertiary/aromatic N) is 7. The standard InChI is InChI=1S/C66H79FN10O9S/c1-42-22-33-87-59(42)45-14-12-43(13-15-45)37-69-62(81)55-36-49(79)39-77(55)64(83)60(66(2,3)4)72-57(80)21-30-86-32-31-85-29-8-6-7-23-74-25-27-75(28-26-74)48-18-19-56(68-38-48)71-61-65(84)73(5)40-53(70-61)50-10-9-11-54(51(50)41-78)76-24-20-46-34-47(44-16-17-44)35-52(67)58(46)63(76)82/h9-15,18-20,22,24,33-35,38,40,44,49,55,60,78-79H,6-8,16-17,21,23,25-32,36-37,39,41H2,1-5H3,(H,69,81)(H,72,80)(H,68,70,71)/t49-,55+,60-/m1/s1. The van der Waals surface area contributed by atoms with Gasteiger partial charge in [0.1, 0.15) is 23.7 Å². The molecule has 0 spiro atoms. The van der Waals surface area contributed by atoms with Crippen molar-refractivity contribution in [1.29, 1.82) is 0 Å². The lowest BCUT2D eigenvalue weighted by molar-refractivity contribution is -0.144. The summed E-state index contributed by atoms with van der Waals surface area (Å²) < 4.78 is 29.7. The number of aliphatic hydroxyl groups excluding tert-OH is 2. The van der Waals surface area contributed by atoms with Crippen LogP contribution in [-0.2, 0) is 44.1 Å². The number of hydrogen-bond acceptors (Lipinski definition) is 15. The number of benzene rings is 3. The van der Waals surface area contributed by atoms with Gasteiger partial charge in [0, 0.05) is 94.2 Å². The second-order valence-corrected chi connectivity index (χ2v) is 25.0. The number of halogens is 1. The Morgan fingerprint density at radius 3 is 2.37 bits per heavy atom. The quantitative estimate of drug-likeness (QED) is 0.0343. The number of thiophene rings is 1. The average molecular weight is 1210 g/mol. The number of ether oxygens (including phenoxy) is 2. The number of aromatic nitrogens is 4. The van der Waals surface area contributed by atoms with E-state index in [2.05, 4.69) is 54.1 Å². The van der Waals surface area contributed by atoms with E-state index in [1.165, 1.54) is 30.5 Å². The SMILES string of the molecule is Cc1ccsc1-c1ccc(CNC(=O)[C@@H]2C[C@@H](O)CN2C(=O)[C@@H](NC(=O)CCOCCOCCCCCN2CCN(c3ccc(Nc4nc(-c5cccc(-n6ccc7cc(C8CC8)cc(F)c7c6=O)c5CO)cn(C)c4=O)nc3)CC2)C(C)(C)C)cc1. The van der Waals surface area contributed by atoms with Gasteiger partial charge in [0.15, 0.2) is 5.82 Å². The van der Waals surface area contributed by atoms with Crippen molar-refractivity contribution >= 4 is 57.2 Å². The van der Waals surface area contributed by atoms with Crippen molar-refractivity contribution in [3.8, 4) is 27.4 Å². The summed E-state index contributed by atoms with van der Waals surface area (Å²) in [6.45, 7) is 13.4. The number of anilines is 3. The Bertz CT molecular complexity index is 3690. The number of hydrogen-bond donors (Lipinski definition) is 5. The largest absolute Gasteiger partial charge is 0.392 e. The summed E-state index contributed by atoms with van der Waals surface area (Å²) in [5.41, 5.74) is 5.16. The van der Waals surface area contributed by atoms with E-state index in [0.29, 0.717) is 59.5 Å². The monoisotopic (exact) mass is 1210 g/mol. The van der Waals surface area contributed by atoms with Crippen LogP contribution in [0.25, 0.3) is 38.2 Å². The lowest BCUT2D eigenvalue weighted by Crippen LogP contribution is -2.57. The van der Waals surface area contributed by atoms with Gasteiger partial charge in [0.05, 0.1) is 61.2 Å². The Morgan fingerprint density at radius 2 is 1.67 bits per heavy atom. The molecule has 7 aromatic rings. The molecule has 21 heteroatoms. The molecular weight excluding hydrogens is 1130 g/mol. The first-order chi connectivity index (χ1) is 41.9. The zero-order chi connectivity index (χ0) is 61.4. The van der Waals surface area contributed by atoms with Crippen LogP contribution >= 0.6 is 11.3 Å². The fourth-order valence-electron chi connectivity index (χ4n) is 11.5. The van der Waals surface area contributed by atoms with Crippen LogP contribution in [0, 0.1) is 18.2 Å². The Balaban J connectivity index is 0.606. The summed E-state index contributed by atoms with van der Waals surface area (Å²) in [7, 11) is 1.61. The molecule has 3 amide bonds. The molecule has 1 saturated carbocycles. The number of amides is 3. The van der Waals surface area contributed by atoms with Crippen LogP contribution in [0.15, 0.2) is 112 Å². The number of likely N-dealkylation sites (tertiary alicyclic amines) is 1. The van der Waals surface area contributed by atoms with Gasteiger partial charge in [-0.1, -0.05) is 63.2 Å². The summed E-state index contributed by atoms with van der Waals surface area (Å²) in [6, 6.07) is 22.3. The van der Waals surface area contributed by atoms with E-state index >= 15 is 4.39 Å². The number of nitrogens with one attached hydrogen (secondary N) is 3. The van der Waals surface area contributed by atoms with Gasteiger partial charge in [0.25, 0.3) is 11.1 Å². The van der Waals surface area contributed by atoms with Crippen LogP contribution in [-0.4, -0.2) is 141 Å². The van der Waals surface area contributed by atoms with Crippen LogP contribution in [0.3, 0.4) is 0 Å². The molecule has 0 unspecified atom stereocenters. The maximum Gasteiger partial charge on any atom is 0.293 e. The van der Waals surface area contributed by atoms with Crippen LogP contribution < -0.4 is 32.0 Å². The first kappa shape index (κ1) is 62.4. The first-order valence-electron chi connectivity index (χ1n) is 30.1. The minimum atomic E-state index is -0.923. The molecule has 3 aliphatic rings. The molecule has 87 heavy (non-hydrogen) atoms. The average Bonchev–Trinajstić information content (AvgIpc) is 1.52. The second-order valence-electron chi connectivity index (χ2n) is 24.1. The van der Waals surface area contributed by atoms with Crippen molar-refractivity contribution in [1.82, 2.24) is 39.5 Å². The lowest BCUT2D eigenvalue weighted by atomic mass is 9.85. The normalized spacial score (nSPS) is 16.8. The molecule has 2 saturated heterocycles. The number of unbranched alkanes of at least 4 members (excludes halogenated alkanes) is 2. The van der Waals surface area contributed by atoms with Crippen molar-refractivity contribution in [2.75, 3.05) is 75.9 Å². The van der Waals surface area contributed by atoms with E-state index in [1.807, 2.05) is 63.2 Å². The van der Waals surface area contributed by atoms with Crippen molar-refractivity contribution in [2.45, 2.75) is 110 Å². The summed E-state index contributed by atoms with van der Waals surface area (Å²) in [5, 5.41) is 32.9. The molecule has 460 valence electrons. The van der Waals surface area contributed by atoms with Crippen molar-refractivity contribution in [3.63, 3.8) is 0 Å². The molecule has 0 bridgehead atoms. The zero-order valence-corrected chi connectivity index (χ0v) is 51.0. The Kier molecular flexibility index (Phi) is 20.1. The predicted molar refractivity (Wildman–Crippen MR) is 336 cm³/mol. The number of β-amino-alcohol motifs (C(OH)–C–C–N with tert-alkyl or cyclic N) is 1. The van der Waals surface area contributed by atoms with Crippen molar-refractivity contribution < 1.29 is 38.5 Å². The maximum absolute atomic E-state index is 15.4. The number of carbonyl (C=O) groups excluding carboxylic acids is 3. The molecule has 2 aliphatic heterocycles. The predicted octanol–water partition coefficient (Wildman–Crippen LogP) is 7.96. The highest BCUT2D eigenvalue weighted by Gasteiger charge is 2.44. The van der Waals surface area contributed by atoms with Gasteiger partial charge in [-0.25, -0.2) is 14.4 Å².